The standard InChI is InChI=1S/C13H17BO6/c1-2-10(15)7-9(14(19)20)6-8-4-3-5-11(12(8)16)13(17)18/h3-5,9,16,19-20H,2,6-7H2,1H3,(H,17,18)/t9-/m1/s1. The number of para-hydroxylation sites is 1. The van der Waals surface area contributed by atoms with E-state index in [4.69, 9.17) is 5.11 Å². The molecule has 7 heteroatoms. The first kappa shape index (κ1) is 16.2. The van der Waals surface area contributed by atoms with Crippen LogP contribution in [0, 0.1) is 0 Å². The van der Waals surface area contributed by atoms with Gasteiger partial charge in [0.15, 0.2) is 0 Å². The molecule has 0 aromatic heterocycles. The third-order valence-electron chi connectivity index (χ3n) is 3.14. The molecular formula is C13H17BO6. The van der Waals surface area contributed by atoms with E-state index < -0.39 is 24.7 Å². The lowest BCUT2D eigenvalue weighted by Crippen LogP contribution is -2.24. The fourth-order valence-corrected chi connectivity index (χ4v) is 1.93. The summed E-state index contributed by atoms with van der Waals surface area (Å²) in [5.41, 5.74) is 0.0161. The minimum Gasteiger partial charge on any atom is -0.507 e. The summed E-state index contributed by atoms with van der Waals surface area (Å²) < 4.78 is 0. The number of benzene rings is 1. The normalized spacial score (nSPS) is 11.9. The van der Waals surface area contributed by atoms with Gasteiger partial charge in [-0.15, -0.1) is 0 Å². The molecule has 1 aromatic rings. The summed E-state index contributed by atoms with van der Waals surface area (Å²) >= 11 is 0. The molecule has 0 saturated carbocycles. The topological polar surface area (TPSA) is 115 Å². The molecule has 0 spiro atoms. The number of phenols is 1. The maximum atomic E-state index is 11.4. The number of Topliss-reactive ketones (excluding diaryl/α,β-unsaturated/α-hetero) is 1. The Morgan fingerprint density at radius 3 is 2.45 bits per heavy atom. The monoisotopic (exact) mass is 280 g/mol. The number of carboxylic acid groups (broad SMARTS) is 1. The van der Waals surface area contributed by atoms with E-state index in [1.807, 2.05) is 0 Å². The molecule has 0 heterocycles. The third kappa shape index (κ3) is 4.08. The third-order valence-corrected chi connectivity index (χ3v) is 3.14. The smallest absolute Gasteiger partial charge is 0.455 e. The number of carbonyl (C=O) groups excluding carboxylic acids is 1. The number of hydrogen-bond donors (Lipinski definition) is 4. The fourth-order valence-electron chi connectivity index (χ4n) is 1.93. The van der Waals surface area contributed by atoms with Crippen LogP contribution in [0.5, 0.6) is 5.75 Å². The van der Waals surface area contributed by atoms with Crippen molar-refractivity contribution in [2.75, 3.05) is 0 Å². The molecule has 0 aliphatic carbocycles. The van der Waals surface area contributed by atoms with Crippen LogP contribution in [0.4, 0.5) is 0 Å². The first-order valence-corrected chi connectivity index (χ1v) is 6.28. The Hall–Kier alpha value is -1.86. The summed E-state index contributed by atoms with van der Waals surface area (Å²) in [6.07, 6.45) is 0.256. The number of carboxylic acids is 1. The Morgan fingerprint density at radius 2 is 1.95 bits per heavy atom. The Labute approximate surface area is 116 Å². The largest absolute Gasteiger partial charge is 0.507 e. The van der Waals surface area contributed by atoms with Gasteiger partial charge in [0.05, 0.1) is 0 Å². The minimum absolute atomic E-state index is 0.0103. The fraction of sp³-hybridized carbons (Fsp3) is 0.385. The van der Waals surface area contributed by atoms with E-state index in [1.165, 1.54) is 18.2 Å². The van der Waals surface area contributed by atoms with Crippen LogP contribution >= 0.6 is 0 Å². The molecule has 0 saturated heterocycles. The van der Waals surface area contributed by atoms with Crippen molar-refractivity contribution in [3.63, 3.8) is 0 Å². The van der Waals surface area contributed by atoms with Gasteiger partial charge in [0.1, 0.15) is 17.1 Å². The highest BCUT2D eigenvalue weighted by Gasteiger charge is 2.27. The van der Waals surface area contributed by atoms with E-state index in [9.17, 15) is 24.7 Å². The summed E-state index contributed by atoms with van der Waals surface area (Å²) in [5, 5.41) is 37.3. The van der Waals surface area contributed by atoms with E-state index in [2.05, 4.69) is 0 Å². The van der Waals surface area contributed by atoms with Crippen LogP contribution in [0.25, 0.3) is 0 Å². The van der Waals surface area contributed by atoms with Gasteiger partial charge in [-0.2, -0.15) is 0 Å². The highest BCUT2D eigenvalue weighted by molar-refractivity contribution is 6.43. The van der Waals surface area contributed by atoms with Gasteiger partial charge in [0.25, 0.3) is 0 Å². The van der Waals surface area contributed by atoms with Crippen molar-refractivity contribution in [3.05, 3.63) is 29.3 Å². The molecule has 1 atom stereocenters. The van der Waals surface area contributed by atoms with Crippen LogP contribution in [-0.4, -0.2) is 39.1 Å². The lowest BCUT2D eigenvalue weighted by Gasteiger charge is -2.16. The summed E-state index contributed by atoms with van der Waals surface area (Å²) in [6.45, 7) is 1.67. The van der Waals surface area contributed by atoms with Crippen molar-refractivity contribution in [1.82, 2.24) is 0 Å². The molecule has 108 valence electrons. The minimum atomic E-state index is -1.71. The molecule has 0 aliphatic rings. The van der Waals surface area contributed by atoms with Crippen molar-refractivity contribution >= 4 is 18.9 Å². The lowest BCUT2D eigenvalue weighted by atomic mass is 9.67. The van der Waals surface area contributed by atoms with Crippen LogP contribution in [0.2, 0.25) is 5.82 Å². The van der Waals surface area contributed by atoms with E-state index >= 15 is 0 Å². The van der Waals surface area contributed by atoms with Gasteiger partial charge in [-0.3, -0.25) is 4.79 Å². The average Bonchev–Trinajstić information content (AvgIpc) is 2.39. The molecule has 0 radical (unpaired) electrons. The van der Waals surface area contributed by atoms with E-state index in [1.54, 1.807) is 6.92 Å². The van der Waals surface area contributed by atoms with Crippen LogP contribution in [-0.2, 0) is 11.2 Å². The highest BCUT2D eigenvalue weighted by Crippen LogP contribution is 2.29. The van der Waals surface area contributed by atoms with Crippen molar-refractivity contribution in [1.29, 1.82) is 0 Å². The van der Waals surface area contributed by atoms with Crippen LogP contribution < -0.4 is 0 Å². The summed E-state index contributed by atoms with van der Waals surface area (Å²) in [4.78, 5) is 22.3. The number of ketones is 1. The predicted octanol–water partition coefficient (Wildman–Crippen LogP) is 0.845. The van der Waals surface area contributed by atoms with E-state index in [-0.39, 0.29) is 36.2 Å². The zero-order valence-electron chi connectivity index (χ0n) is 11.1. The van der Waals surface area contributed by atoms with Gasteiger partial charge in [-0.1, -0.05) is 19.1 Å². The molecule has 4 N–H and O–H groups in total. The zero-order valence-corrected chi connectivity index (χ0v) is 11.1. The molecule has 1 rings (SSSR count). The Morgan fingerprint density at radius 1 is 1.30 bits per heavy atom. The molecule has 0 unspecified atom stereocenters. The first-order chi connectivity index (χ1) is 9.36. The lowest BCUT2D eigenvalue weighted by molar-refractivity contribution is -0.118. The predicted molar refractivity (Wildman–Crippen MR) is 72.6 cm³/mol. The van der Waals surface area contributed by atoms with Crippen LogP contribution in [0.1, 0.15) is 35.7 Å². The molecule has 6 nitrogen and oxygen atoms in total. The van der Waals surface area contributed by atoms with Crippen molar-refractivity contribution in [2.45, 2.75) is 32.0 Å². The number of rotatable bonds is 7. The van der Waals surface area contributed by atoms with Crippen molar-refractivity contribution in [2.24, 2.45) is 0 Å². The number of aromatic hydroxyl groups is 1. The summed E-state index contributed by atoms with van der Waals surface area (Å²) in [7, 11) is -1.71. The molecule has 0 fully saturated rings. The van der Waals surface area contributed by atoms with Gasteiger partial charge in [-0.05, 0) is 18.1 Å². The van der Waals surface area contributed by atoms with Crippen LogP contribution in [0.3, 0.4) is 0 Å². The van der Waals surface area contributed by atoms with Gasteiger partial charge in [-0.25, -0.2) is 4.79 Å². The number of carbonyl (C=O) groups is 2. The maximum Gasteiger partial charge on any atom is 0.455 e. The average molecular weight is 280 g/mol. The second kappa shape index (κ2) is 7.07. The van der Waals surface area contributed by atoms with Gasteiger partial charge < -0.3 is 20.3 Å². The SMILES string of the molecule is CCC(=O)C[C@@H](Cc1cccc(C(=O)O)c1O)B(O)O. The molecular weight excluding hydrogens is 263 g/mol. The Kier molecular flexibility index (Phi) is 5.73. The number of aromatic carboxylic acids is 1. The molecule has 0 bridgehead atoms. The molecule has 0 amide bonds. The highest BCUT2D eigenvalue weighted by atomic mass is 16.4. The summed E-state index contributed by atoms with van der Waals surface area (Å²) in [5.74, 6) is -2.58. The van der Waals surface area contributed by atoms with E-state index in [0.29, 0.717) is 0 Å². The van der Waals surface area contributed by atoms with Crippen molar-refractivity contribution in [3.8, 4) is 5.75 Å². The molecule has 1 aromatic carbocycles. The molecule has 20 heavy (non-hydrogen) atoms. The quantitative estimate of drug-likeness (QED) is 0.550. The first-order valence-electron chi connectivity index (χ1n) is 6.28. The maximum absolute atomic E-state index is 11.4. The van der Waals surface area contributed by atoms with E-state index in [0.717, 1.165) is 0 Å². The molecule has 0 aliphatic heterocycles. The van der Waals surface area contributed by atoms with Gasteiger partial charge >= 0.3 is 13.1 Å². The van der Waals surface area contributed by atoms with Gasteiger partial charge in [0, 0.05) is 18.7 Å². The Bertz CT molecular complexity index is 500. The number of hydrogen-bond acceptors (Lipinski definition) is 5. The van der Waals surface area contributed by atoms with Crippen LogP contribution in [0.15, 0.2) is 18.2 Å². The second-order valence-electron chi connectivity index (χ2n) is 4.59. The van der Waals surface area contributed by atoms with Gasteiger partial charge in [0.2, 0.25) is 0 Å². The second-order valence-corrected chi connectivity index (χ2v) is 4.59. The Balaban J connectivity index is 2.97. The summed E-state index contributed by atoms with van der Waals surface area (Å²) in [6, 6.07) is 4.21. The van der Waals surface area contributed by atoms with Crippen molar-refractivity contribution < 1.29 is 29.9 Å². The zero-order chi connectivity index (χ0) is 15.3.